The number of carboxylic acid groups (broad SMARTS) is 2. The fourth-order valence-electron chi connectivity index (χ4n) is 10.1. The van der Waals surface area contributed by atoms with Gasteiger partial charge in [-0.3, -0.25) is 62.5 Å². The van der Waals surface area contributed by atoms with Crippen LogP contribution in [0, 0.1) is 5.92 Å². The van der Waals surface area contributed by atoms with E-state index in [2.05, 4.69) is 62.5 Å². The Bertz CT molecular complexity index is 3340. The number of amides is 9. The second kappa shape index (κ2) is 39.1. The first-order valence-corrected chi connectivity index (χ1v) is 31.8. The zero-order valence-electron chi connectivity index (χ0n) is 55.6. The number of para-hydroxylation sites is 1. The Labute approximate surface area is 560 Å². The van der Waals surface area contributed by atoms with Crippen molar-refractivity contribution in [2.24, 2.45) is 28.1 Å². The zero-order chi connectivity index (χ0) is 72.1. The number of carbonyl (C=O) groups excluding carboxylic acids is 10. The number of nitrogens with two attached hydrogens (primary N) is 3. The zero-order valence-corrected chi connectivity index (χ0v) is 55.6. The lowest BCUT2D eigenvalue weighted by Gasteiger charge is -2.31. The fraction of sp³-hybridized carbons (Fsp3) is 0.531. The van der Waals surface area contributed by atoms with Crippen molar-refractivity contribution in [3.63, 3.8) is 0 Å². The number of ketones is 1. The summed E-state index contributed by atoms with van der Waals surface area (Å²) in [5.74, 6) is -10.4. The van der Waals surface area contributed by atoms with Gasteiger partial charge in [-0.15, -0.1) is 0 Å². The molecule has 0 saturated carbocycles. The minimum Gasteiger partial charge on any atom is -0.508 e. The van der Waals surface area contributed by atoms with Crippen molar-refractivity contribution in [3.05, 3.63) is 84.1 Å². The van der Waals surface area contributed by atoms with Crippen LogP contribution in [0.25, 0.3) is 10.9 Å². The molecular formula is C64H94N16O17. The summed E-state index contributed by atoms with van der Waals surface area (Å²) >= 11 is 0. The number of nitrogens with zero attached hydrogens (tertiary/aromatic N) is 3. The number of aliphatic imine (C=N–C) groups is 1. The van der Waals surface area contributed by atoms with Crippen molar-refractivity contribution in [1.29, 1.82) is 0 Å². The Kier molecular flexibility index (Phi) is 32.0. The fourth-order valence-corrected chi connectivity index (χ4v) is 10.1. The summed E-state index contributed by atoms with van der Waals surface area (Å²) in [6.07, 6.45) is 3.91. The summed E-state index contributed by atoms with van der Waals surface area (Å²) in [5.41, 5.74) is 18.2. The van der Waals surface area contributed by atoms with Crippen LogP contribution in [0.1, 0.15) is 117 Å². The number of rotatable bonds is 37. The molecule has 20 N–H and O–H groups in total. The molecule has 2 aromatic carbocycles. The molecule has 0 unspecified atom stereocenters. The van der Waals surface area contributed by atoms with Crippen LogP contribution < -0.4 is 59.7 Å². The Morgan fingerprint density at radius 2 is 1.29 bits per heavy atom. The number of phenols is 1. The van der Waals surface area contributed by atoms with Crippen LogP contribution in [0.3, 0.4) is 0 Å². The number of benzene rings is 2. The predicted molar refractivity (Wildman–Crippen MR) is 353 cm³/mol. The van der Waals surface area contributed by atoms with Gasteiger partial charge in [0.2, 0.25) is 53.2 Å². The molecule has 33 heteroatoms. The van der Waals surface area contributed by atoms with E-state index in [1.807, 2.05) is 0 Å². The summed E-state index contributed by atoms with van der Waals surface area (Å²) in [6.45, 7) is 10.9. The maximum Gasteiger partial charge on any atom is 0.310 e. The summed E-state index contributed by atoms with van der Waals surface area (Å²) in [5, 5.41) is 59.9. The SMILES string of the molecule is CC(=O)CC(=O)O.CCNC(=O)[C@@H]1CCCN1C(=O)[C@H](CCCN=C(N)N)NC(=O)[C@H](CC(C)C)NC(=O)[C@@H](COC(C)(C)C)NC(=O)[C@H](Cc1ccc(O)cc1)NC(=O)[C@H](CO)NC(=O)[C@H](Cc1c[nH]c2ccccc12)NC(=O)[C@H](Cc1cnc[nH]1)NC(=O)[C@@H](N)CCC(=O)O. The molecule has 9 atom stereocenters. The van der Waals surface area contributed by atoms with Crippen molar-refractivity contribution in [2.45, 2.75) is 179 Å². The van der Waals surface area contributed by atoms with Crippen LogP contribution in [-0.4, -0.2) is 210 Å². The molecular weight excluding hydrogens is 1260 g/mol. The number of aromatic amines is 2. The molecule has 1 fully saturated rings. The molecule has 1 saturated heterocycles. The van der Waals surface area contributed by atoms with Crippen LogP contribution in [0.4, 0.5) is 0 Å². The van der Waals surface area contributed by atoms with Gasteiger partial charge in [0.1, 0.15) is 66.3 Å². The molecule has 0 radical (unpaired) electrons. The Balaban J connectivity index is 0.00000270. The van der Waals surface area contributed by atoms with Gasteiger partial charge in [0, 0.05) is 74.3 Å². The molecule has 0 aliphatic carbocycles. The van der Waals surface area contributed by atoms with E-state index in [4.69, 9.17) is 27.0 Å². The second-order valence-electron chi connectivity index (χ2n) is 24.7. The number of aliphatic carboxylic acids is 2. The molecule has 2 aromatic heterocycles. The lowest BCUT2D eigenvalue weighted by atomic mass is 10.0. The number of imidazole rings is 1. The average molecular weight is 1360 g/mol. The van der Waals surface area contributed by atoms with Crippen LogP contribution in [0.15, 0.2) is 72.2 Å². The predicted octanol–water partition coefficient (Wildman–Crippen LogP) is -1.71. The van der Waals surface area contributed by atoms with Gasteiger partial charge < -0.3 is 99.8 Å². The number of aliphatic hydroxyl groups is 1. The van der Waals surface area contributed by atoms with Crippen LogP contribution in [0.5, 0.6) is 5.75 Å². The van der Waals surface area contributed by atoms with E-state index >= 15 is 0 Å². The third-order valence-electron chi connectivity index (χ3n) is 15.0. The van der Waals surface area contributed by atoms with Crippen LogP contribution in [-0.2, 0) is 81.5 Å². The quantitative estimate of drug-likeness (QED) is 0.0103. The van der Waals surface area contributed by atoms with Crippen molar-refractivity contribution in [1.82, 2.24) is 62.4 Å². The van der Waals surface area contributed by atoms with E-state index in [0.717, 1.165) is 0 Å². The Morgan fingerprint density at radius 3 is 1.86 bits per heavy atom. The highest BCUT2D eigenvalue weighted by molar-refractivity contribution is 5.99. The van der Waals surface area contributed by atoms with Gasteiger partial charge in [-0.2, -0.15) is 0 Å². The molecule has 33 nitrogen and oxygen atoms in total. The van der Waals surface area contributed by atoms with Crippen molar-refractivity contribution in [2.75, 3.05) is 32.8 Å². The number of hydrogen-bond donors (Lipinski definition) is 17. The minimum atomic E-state index is -1.81. The molecule has 1 aliphatic heterocycles. The lowest BCUT2D eigenvalue weighted by molar-refractivity contribution is -0.142. The van der Waals surface area contributed by atoms with Gasteiger partial charge in [-0.25, -0.2) is 4.98 Å². The first-order chi connectivity index (χ1) is 45.8. The molecule has 4 aromatic rings. The highest BCUT2D eigenvalue weighted by Gasteiger charge is 2.40. The third kappa shape index (κ3) is 27.7. The number of aromatic nitrogens is 3. The minimum absolute atomic E-state index is 0.0475. The number of likely N-dealkylation sites (N-methyl/N-ethyl adjacent to an activating group) is 1. The van der Waals surface area contributed by atoms with Gasteiger partial charge in [0.25, 0.3) is 0 Å². The first-order valence-electron chi connectivity index (χ1n) is 31.8. The second-order valence-corrected chi connectivity index (χ2v) is 24.7. The van der Waals surface area contributed by atoms with Gasteiger partial charge in [0.05, 0.1) is 31.2 Å². The van der Waals surface area contributed by atoms with Crippen LogP contribution in [0.2, 0.25) is 0 Å². The highest BCUT2D eigenvalue weighted by atomic mass is 16.5. The molecule has 97 heavy (non-hydrogen) atoms. The summed E-state index contributed by atoms with van der Waals surface area (Å²) in [4.78, 5) is 174. The van der Waals surface area contributed by atoms with Crippen LogP contribution >= 0.6 is 0 Å². The molecule has 1 aliphatic rings. The summed E-state index contributed by atoms with van der Waals surface area (Å²) in [6, 6.07) is 0.213. The van der Waals surface area contributed by atoms with E-state index in [1.54, 1.807) is 72.0 Å². The first kappa shape index (κ1) is 79.4. The van der Waals surface area contributed by atoms with E-state index in [-0.39, 0.29) is 93.8 Å². The topological polar surface area (TPSA) is 529 Å². The normalized spacial score (nSPS) is 15.2. The maximum atomic E-state index is 14.8. The van der Waals surface area contributed by atoms with Gasteiger partial charge in [0.15, 0.2) is 5.96 Å². The molecule has 3 heterocycles. The molecule has 0 bridgehead atoms. The lowest BCUT2D eigenvalue weighted by Crippen LogP contribution is -2.62. The molecule has 0 spiro atoms. The average Bonchev–Trinajstić information content (AvgIpc) is 1.80. The summed E-state index contributed by atoms with van der Waals surface area (Å²) in [7, 11) is 0. The number of hydrogen-bond acceptors (Lipinski definition) is 18. The number of H-pyrrole nitrogens is 2. The number of carboxylic acids is 2. The van der Waals surface area contributed by atoms with E-state index in [9.17, 15) is 72.9 Å². The monoisotopic (exact) mass is 1360 g/mol. The number of guanidine groups is 1. The number of fused-ring (bicyclic) bond motifs is 1. The Morgan fingerprint density at radius 1 is 0.722 bits per heavy atom. The van der Waals surface area contributed by atoms with E-state index < -0.39 is 139 Å². The molecule has 5 rings (SSSR count). The van der Waals surface area contributed by atoms with Crippen molar-refractivity contribution in [3.8, 4) is 5.75 Å². The number of nitrogens with one attached hydrogen (secondary N) is 10. The number of carbonyl (C=O) groups is 12. The summed E-state index contributed by atoms with van der Waals surface area (Å²) < 4.78 is 6.03. The smallest absolute Gasteiger partial charge is 0.310 e. The van der Waals surface area contributed by atoms with Gasteiger partial charge in [-0.05, 0) is 108 Å². The van der Waals surface area contributed by atoms with Gasteiger partial charge >= 0.3 is 11.9 Å². The van der Waals surface area contributed by atoms with Gasteiger partial charge in [-0.1, -0.05) is 44.2 Å². The van der Waals surface area contributed by atoms with Crippen molar-refractivity contribution >= 4 is 87.7 Å². The largest absolute Gasteiger partial charge is 0.508 e. The highest BCUT2D eigenvalue weighted by Crippen LogP contribution is 2.22. The number of ether oxygens (including phenoxy) is 1. The van der Waals surface area contributed by atoms with E-state index in [0.29, 0.717) is 47.1 Å². The standard InChI is InChI=1S/C60H88N16O14.C4H6O3/c1-7-65-57(88)48-15-11-23-76(48)58(89)41(14-10-22-66-59(62)63)69-51(82)42(24-33(2)3)71-56(87)47(31-90-60(4,5)6)75-52(83)43(25-34-16-18-37(78)19-17-34)72-55(86)46(30-77)74-53(84)44(26-35-28-67-40-13-9-8-12-38(35)40)73-54(85)45(27-36-29-64-32-68-36)70-50(81)39(61)20-21-49(79)80;1-3(5)2-4(6)7/h8-9,12-13,16-19,28-29,32-33,39,41-48,67,77-78H,7,10-11,14-15,20-27,30-31,61H2,1-6H3,(H,64,68)(H,65,88)(H,69,82)(H,70,81)(H,71,87)(H,72,86)(H,73,85)(H,74,84)(H,75,83)(H,79,80)(H4,62,63,66);2H2,1H3,(H,6,7)/t39-,41-,42-,43-,44-,45-,46-,47+,48-;/m0./s1. The number of likely N-dealkylation sites (tertiary alicyclic amines) is 1. The maximum absolute atomic E-state index is 14.8. The van der Waals surface area contributed by atoms with E-state index in [1.165, 1.54) is 48.6 Å². The van der Waals surface area contributed by atoms with Crippen molar-refractivity contribution < 1.29 is 82.7 Å². The molecule has 532 valence electrons. The number of phenolic OH excluding ortho intramolecular Hbond substituents is 1. The number of aliphatic hydroxyl groups excluding tert-OH is 1. The number of aromatic hydroxyl groups is 1. The third-order valence-corrected chi connectivity index (χ3v) is 15.0. The Hall–Kier alpha value is -10.0. The molecule has 9 amide bonds. The number of Topliss-reactive ketones (excluding diaryl/α,β-unsaturated/α-hetero) is 1.